The molecular weight excluding hydrogens is 666 g/mol. The molecule has 0 aliphatic carbocycles. The van der Waals surface area contributed by atoms with Crippen LogP contribution in [0.1, 0.15) is 37.5 Å². The quantitative estimate of drug-likeness (QED) is 0.161. The standard InChI is InChI=1S/C36H40BrN3O5S/c1-5-45-34-17-10-9-16-32(34)40(46(43,44)31-20-18-27(4)19-21-31)25-35(41)39(24-29-14-11-15-30(37)22-29)33(36(42)38-26(2)3)23-28-12-7-6-8-13-28/h6-22,26,33H,5,23-25H2,1-4H3,(H,38,42)/t33-/m1/s1. The lowest BCUT2D eigenvalue weighted by Crippen LogP contribution is -2.54. The zero-order valence-corrected chi connectivity index (χ0v) is 28.9. The van der Waals surface area contributed by atoms with Gasteiger partial charge in [0.2, 0.25) is 11.8 Å². The van der Waals surface area contributed by atoms with Crippen LogP contribution in [0.15, 0.2) is 112 Å². The van der Waals surface area contributed by atoms with Crippen molar-refractivity contribution < 1.29 is 22.7 Å². The Labute approximate surface area is 280 Å². The van der Waals surface area contributed by atoms with E-state index < -0.39 is 28.5 Å². The maximum atomic E-state index is 14.6. The van der Waals surface area contributed by atoms with E-state index >= 15 is 0 Å². The number of rotatable bonds is 14. The fourth-order valence-electron chi connectivity index (χ4n) is 5.06. The highest BCUT2D eigenvalue weighted by Gasteiger charge is 2.35. The molecule has 0 saturated carbocycles. The fourth-order valence-corrected chi connectivity index (χ4v) is 6.93. The molecule has 46 heavy (non-hydrogen) atoms. The van der Waals surface area contributed by atoms with Gasteiger partial charge in [0.1, 0.15) is 18.3 Å². The highest BCUT2D eigenvalue weighted by atomic mass is 79.9. The van der Waals surface area contributed by atoms with E-state index in [1.54, 1.807) is 36.4 Å². The molecule has 242 valence electrons. The molecule has 0 bridgehead atoms. The van der Waals surface area contributed by atoms with Crippen molar-refractivity contribution >= 4 is 43.5 Å². The molecule has 0 saturated heterocycles. The van der Waals surface area contributed by atoms with E-state index in [1.165, 1.54) is 17.0 Å². The number of carbonyl (C=O) groups is 2. The van der Waals surface area contributed by atoms with Gasteiger partial charge in [-0.1, -0.05) is 88.2 Å². The van der Waals surface area contributed by atoms with Crippen molar-refractivity contribution in [3.8, 4) is 5.75 Å². The summed E-state index contributed by atoms with van der Waals surface area (Å²) in [7, 11) is -4.25. The zero-order valence-electron chi connectivity index (χ0n) is 26.5. The highest BCUT2D eigenvalue weighted by Crippen LogP contribution is 2.33. The van der Waals surface area contributed by atoms with E-state index in [9.17, 15) is 18.0 Å². The molecular formula is C36H40BrN3O5S. The maximum Gasteiger partial charge on any atom is 0.264 e. The summed E-state index contributed by atoms with van der Waals surface area (Å²) >= 11 is 3.51. The topological polar surface area (TPSA) is 96.0 Å². The normalized spacial score (nSPS) is 12.0. The Morgan fingerprint density at radius 3 is 2.17 bits per heavy atom. The van der Waals surface area contributed by atoms with Crippen molar-refractivity contribution in [3.63, 3.8) is 0 Å². The SMILES string of the molecule is CCOc1ccccc1N(CC(=O)N(Cc1cccc(Br)c1)[C@H](Cc1ccccc1)C(=O)NC(C)C)S(=O)(=O)c1ccc(C)cc1. The number of halogens is 1. The van der Waals surface area contributed by atoms with Gasteiger partial charge in [-0.2, -0.15) is 0 Å². The van der Waals surface area contributed by atoms with Gasteiger partial charge >= 0.3 is 0 Å². The summed E-state index contributed by atoms with van der Waals surface area (Å²) in [5.41, 5.74) is 2.77. The summed E-state index contributed by atoms with van der Waals surface area (Å²) in [6.45, 7) is 7.21. The van der Waals surface area contributed by atoms with Crippen LogP contribution in [0.4, 0.5) is 5.69 Å². The van der Waals surface area contributed by atoms with Crippen LogP contribution in [0.5, 0.6) is 5.75 Å². The molecule has 10 heteroatoms. The summed E-state index contributed by atoms with van der Waals surface area (Å²) in [5.74, 6) is -0.544. The van der Waals surface area contributed by atoms with Crippen LogP contribution in [-0.2, 0) is 32.6 Å². The molecule has 0 radical (unpaired) electrons. The largest absolute Gasteiger partial charge is 0.492 e. The van der Waals surface area contributed by atoms with Crippen molar-refractivity contribution in [2.75, 3.05) is 17.5 Å². The number of sulfonamides is 1. The van der Waals surface area contributed by atoms with Gasteiger partial charge in [0.05, 0.1) is 17.2 Å². The summed E-state index contributed by atoms with van der Waals surface area (Å²) in [5, 5.41) is 2.97. The third-order valence-electron chi connectivity index (χ3n) is 7.27. The second kappa shape index (κ2) is 15.9. The number of carbonyl (C=O) groups excluding carboxylic acids is 2. The van der Waals surface area contributed by atoms with E-state index in [0.717, 1.165) is 25.5 Å². The van der Waals surface area contributed by atoms with Crippen LogP contribution in [0.3, 0.4) is 0 Å². The number of nitrogens with one attached hydrogen (secondary N) is 1. The predicted molar refractivity (Wildman–Crippen MR) is 185 cm³/mol. The second-order valence-corrected chi connectivity index (χ2v) is 14.0. The number of para-hydroxylation sites is 2. The molecule has 4 rings (SSSR count). The number of nitrogens with zero attached hydrogens (tertiary/aromatic N) is 2. The van der Waals surface area contributed by atoms with Crippen molar-refractivity contribution in [3.05, 3.63) is 124 Å². The minimum Gasteiger partial charge on any atom is -0.492 e. The molecule has 0 aromatic heterocycles. The number of aryl methyl sites for hydroxylation is 1. The molecule has 1 atom stereocenters. The number of amides is 2. The first-order valence-corrected chi connectivity index (χ1v) is 17.4. The van der Waals surface area contributed by atoms with Crippen LogP contribution >= 0.6 is 15.9 Å². The molecule has 0 unspecified atom stereocenters. The minimum absolute atomic E-state index is 0.0362. The molecule has 1 N–H and O–H groups in total. The Balaban J connectivity index is 1.84. The van der Waals surface area contributed by atoms with Crippen LogP contribution in [0.2, 0.25) is 0 Å². The Hall–Kier alpha value is -4.15. The lowest BCUT2D eigenvalue weighted by Gasteiger charge is -2.34. The number of ether oxygens (including phenoxy) is 1. The number of hydrogen-bond donors (Lipinski definition) is 1. The molecule has 2 amide bonds. The van der Waals surface area contributed by atoms with Crippen molar-refractivity contribution in [2.45, 2.75) is 57.6 Å². The van der Waals surface area contributed by atoms with Gasteiger partial charge in [-0.3, -0.25) is 13.9 Å². The lowest BCUT2D eigenvalue weighted by molar-refractivity contribution is -0.140. The minimum atomic E-state index is -4.25. The molecule has 4 aromatic rings. The van der Waals surface area contributed by atoms with E-state index in [0.29, 0.717) is 12.4 Å². The van der Waals surface area contributed by atoms with Crippen molar-refractivity contribution in [2.24, 2.45) is 0 Å². The third-order valence-corrected chi connectivity index (χ3v) is 9.53. The van der Waals surface area contributed by atoms with E-state index in [-0.39, 0.29) is 35.5 Å². The predicted octanol–water partition coefficient (Wildman–Crippen LogP) is 6.52. The fraction of sp³-hybridized carbons (Fsp3) is 0.278. The molecule has 0 aliphatic heterocycles. The first-order chi connectivity index (χ1) is 22.0. The molecule has 4 aromatic carbocycles. The Bertz CT molecular complexity index is 1730. The van der Waals surface area contributed by atoms with E-state index in [4.69, 9.17) is 4.74 Å². The van der Waals surface area contributed by atoms with Crippen LogP contribution < -0.4 is 14.4 Å². The van der Waals surface area contributed by atoms with Gasteiger partial charge in [-0.25, -0.2) is 8.42 Å². The first-order valence-electron chi connectivity index (χ1n) is 15.2. The van der Waals surface area contributed by atoms with Gasteiger partial charge in [0.25, 0.3) is 10.0 Å². The number of benzene rings is 4. The van der Waals surface area contributed by atoms with Gasteiger partial charge in [0, 0.05) is 23.5 Å². The summed E-state index contributed by atoms with van der Waals surface area (Å²) in [4.78, 5) is 30.0. The number of hydrogen-bond acceptors (Lipinski definition) is 5. The molecule has 0 fully saturated rings. The van der Waals surface area contributed by atoms with Gasteiger partial charge in [-0.15, -0.1) is 0 Å². The van der Waals surface area contributed by atoms with Crippen LogP contribution in [0, 0.1) is 6.92 Å². The van der Waals surface area contributed by atoms with Crippen molar-refractivity contribution in [1.82, 2.24) is 10.2 Å². The van der Waals surface area contributed by atoms with Crippen LogP contribution in [0.25, 0.3) is 0 Å². The van der Waals surface area contributed by atoms with Gasteiger partial charge in [0.15, 0.2) is 0 Å². The monoisotopic (exact) mass is 705 g/mol. The Kier molecular flexibility index (Phi) is 12.0. The lowest BCUT2D eigenvalue weighted by atomic mass is 10.0. The second-order valence-electron chi connectivity index (χ2n) is 11.2. The van der Waals surface area contributed by atoms with E-state index in [1.807, 2.05) is 82.3 Å². The first kappa shape index (κ1) is 34.7. The molecule has 8 nitrogen and oxygen atoms in total. The van der Waals surface area contributed by atoms with Gasteiger partial charge < -0.3 is 15.0 Å². The zero-order chi connectivity index (χ0) is 33.3. The Morgan fingerprint density at radius 2 is 1.52 bits per heavy atom. The average Bonchev–Trinajstić information content (AvgIpc) is 3.02. The molecule has 0 aliphatic rings. The average molecular weight is 707 g/mol. The molecule has 0 spiro atoms. The smallest absolute Gasteiger partial charge is 0.264 e. The maximum absolute atomic E-state index is 14.6. The third kappa shape index (κ3) is 8.98. The van der Waals surface area contributed by atoms with Crippen LogP contribution in [-0.4, -0.2) is 50.4 Å². The van der Waals surface area contributed by atoms with E-state index in [2.05, 4.69) is 21.2 Å². The summed E-state index contributed by atoms with van der Waals surface area (Å²) in [6.07, 6.45) is 0.235. The Morgan fingerprint density at radius 1 is 0.870 bits per heavy atom. The van der Waals surface area contributed by atoms with Crippen molar-refractivity contribution in [1.29, 1.82) is 0 Å². The highest BCUT2D eigenvalue weighted by molar-refractivity contribution is 9.10. The summed E-state index contributed by atoms with van der Waals surface area (Å²) in [6, 6.07) is 29.1. The number of anilines is 1. The van der Waals surface area contributed by atoms with Gasteiger partial charge in [-0.05, 0) is 75.2 Å². The summed E-state index contributed by atoms with van der Waals surface area (Å²) < 4.78 is 36.4. The molecule has 0 heterocycles.